The summed E-state index contributed by atoms with van der Waals surface area (Å²) in [4.78, 5) is 34.9. The highest BCUT2D eigenvalue weighted by Crippen LogP contribution is 2.33. The van der Waals surface area contributed by atoms with E-state index < -0.39 is 36.7 Å². The molecule has 0 spiro atoms. The van der Waals surface area contributed by atoms with Crippen LogP contribution in [0, 0.1) is 0 Å². The Morgan fingerprint density at radius 3 is 2.68 bits per heavy atom. The van der Waals surface area contributed by atoms with Gasteiger partial charge in [0.05, 0.1) is 6.33 Å². The molecule has 13 heteroatoms. The summed E-state index contributed by atoms with van der Waals surface area (Å²) in [5.74, 6) is 1.68. The van der Waals surface area contributed by atoms with Gasteiger partial charge in [0.15, 0.2) is 23.9 Å². The molecule has 0 radical (unpaired) electrons. The number of aliphatic hydroxyl groups excluding tert-OH is 3. The summed E-state index contributed by atoms with van der Waals surface area (Å²) >= 11 is 0. The fraction of sp³-hybridized carbons (Fsp3) is 0.417. The smallest absolute Gasteiger partial charge is 0.226 e. The second kappa shape index (κ2) is 11.5. The number of nitrogens with zero attached hydrogens (tertiary/aromatic N) is 4. The maximum Gasteiger partial charge on any atom is 0.226 e. The number of nitrogens with two attached hydrogens (primary N) is 1. The monoisotopic (exact) mass is 511 g/mol. The van der Waals surface area contributed by atoms with E-state index >= 15 is 0 Å². The predicted octanol–water partition coefficient (Wildman–Crippen LogP) is -0.543. The molecule has 1 amide bonds. The Morgan fingerprint density at radius 2 is 1.97 bits per heavy atom. The van der Waals surface area contributed by atoms with Crippen LogP contribution in [-0.4, -0.2) is 77.8 Å². The van der Waals surface area contributed by atoms with E-state index in [0.717, 1.165) is 11.1 Å². The molecule has 0 bridgehead atoms. The molecule has 4 rings (SSSR count). The summed E-state index contributed by atoms with van der Waals surface area (Å²) in [5, 5.41) is 36.8. The van der Waals surface area contributed by atoms with Crippen molar-refractivity contribution >= 4 is 34.8 Å². The lowest BCUT2D eigenvalue weighted by Gasteiger charge is -2.21. The molecule has 2 aromatic heterocycles. The number of amides is 1. The van der Waals surface area contributed by atoms with Crippen LogP contribution in [-0.2, 0) is 27.2 Å². The van der Waals surface area contributed by atoms with E-state index in [0.29, 0.717) is 19.4 Å². The molecular formula is C24H29N7O6. The number of carbonyl (C=O) groups is 1. The molecular weight excluding hydrogens is 482 g/mol. The number of nitrogen functional groups attached to an aromatic ring is 1. The number of benzene rings is 1. The maximum absolute atomic E-state index is 11.6. The zero-order valence-corrected chi connectivity index (χ0v) is 20.1. The van der Waals surface area contributed by atoms with Gasteiger partial charge in [0, 0.05) is 25.5 Å². The number of ether oxygens (including phenoxy) is 1. The third-order valence-electron chi connectivity index (χ3n) is 6.08. The first-order valence-electron chi connectivity index (χ1n) is 11.8. The van der Waals surface area contributed by atoms with Crippen molar-refractivity contribution in [2.45, 2.75) is 57.0 Å². The number of hydrogen-bond donors (Lipinski definition) is 6. The number of aliphatic hydroxyl groups is 3. The number of nitrogens with one attached hydrogen (secondary N) is 2. The molecule has 1 aliphatic heterocycles. The number of hydrogen-bond acceptors (Lipinski definition) is 11. The molecule has 3 heterocycles. The van der Waals surface area contributed by atoms with Crippen molar-refractivity contribution < 1.29 is 29.6 Å². The first-order chi connectivity index (χ1) is 17.8. The van der Waals surface area contributed by atoms with Gasteiger partial charge in [0.1, 0.15) is 29.8 Å². The van der Waals surface area contributed by atoms with Gasteiger partial charge >= 0.3 is 0 Å². The van der Waals surface area contributed by atoms with Gasteiger partial charge in [-0.2, -0.15) is 9.97 Å². The number of aromatic nitrogens is 4. The van der Waals surface area contributed by atoms with Crippen molar-refractivity contribution in [2.24, 2.45) is 0 Å². The van der Waals surface area contributed by atoms with Gasteiger partial charge in [-0.3, -0.25) is 9.36 Å². The van der Waals surface area contributed by atoms with Crippen molar-refractivity contribution in [1.82, 2.24) is 24.8 Å². The third kappa shape index (κ3) is 5.77. The van der Waals surface area contributed by atoms with Crippen LogP contribution >= 0.6 is 0 Å². The van der Waals surface area contributed by atoms with Crippen LogP contribution in [0.25, 0.3) is 11.2 Å². The first kappa shape index (κ1) is 26.2. The molecule has 0 aliphatic carbocycles. The van der Waals surface area contributed by atoms with E-state index in [-0.39, 0.29) is 29.4 Å². The van der Waals surface area contributed by atoms with E-state index in [2.05, 4.69) is 25.6 Å². The minimum atomic E-state index is -1.52. The van der Waals surface area contributed by atoms with Crippen molar-refractivity contribution in [1.29, 1.82) is 0 Å². The van der Waals surface area contributed by atoms with E-state index in [9.17, 15) is 24.9 Å². The quantitative estimate of drug-likeness (QED) is 0.151. The number of fused-ring (bicyclic) bond motifs is 1. The van der Waals surface area contributed by atoms with Crippen LogP contribution < -0.4 is 16.4 Å². The molecule has 196 valence electrons. The molecule has 0 saturated carbocycles. The van der Waals surface area contributed by atoms with Crippen LogP contribution in [0.1, 0.15) is 30.7 Å². The number of allylic oxidation sites excluding steroid dienone is 1. The Kier molecular flexibility index (Phi) is 8.11. The zero-order chi connectivity index (χ0) is 26.5. The second-order valence-electron chi connectivity index (χ2n) is 8.61. The van der Waals surface area contributed by atoms with Gasteiger partial charge in [-0.15, -0.1) is 0 Å². The lowest BCUT2D eigenvalue weighted by atomic mass is 10.1. The van der Waals surface area contributed by atoms with E-state index in [1.165, 1.54) is 17.0 Å². The van der Waals surface area contributed by atoms with Crippen molar-refractivity contribution in [3.8, 4) is 0 Å². The highest BCUT2D eigenvalue weighted by atomic mass is 16.6. The first-order valence-corrected chi connectivity index (χ1v) is 11.8. The molecule has 1 aromatic carbocycles. The predicted molar refractivity (Wildman–Crippen MR) is 133 cm³/mol. The standard InChI is InChI=1S/C24H29N7O6/c1-2-15(33)28-22(36)19-17(34)18(35)23(37-19)31-12-27-16-20(25)29-24(30-21(16)31)26-10-9-14-7-5-13(6-8-14)4-3-11-32/h3,5-8,12,17-19,22-23,34-36H,2,4,9-10H2,1H3,(H,28,33)(H3,25,26,29,30)/t17-,18+,19-,22?,23+/m0/s1. The van der Waals surface area contributed by atoms with Gasteiger partial charge < -0.3 is 36.4 Å². The van der Waals surface area contributed by atoms with Crippen molar-refractivity contribution in [3.63, 3.8) is 0 Å². The summed E-state index contributed by atoms with van der Waals surface area (Å²) < 4.78 is 7.11. The Balaban J connectivity index is 1.47. The van der Waals surface area contributed by atoms with Crippen molar-refractivity contribution in [2.75, 3.05) is 17.6 Å². The van der Waals surface area contributed by atoms with Crippen LogP contribution in [0.5, 0.6) is 0 Å². The highest BCUT2D eigenvalue weighted by Gasteiger charge is 2.47. The van der Waals surface area contributed by atoms with Crippen LogP contribution in [0.3, 0.4) is 0 Å². The molecule has 37 heavy (non-hydrogen) atoms. The summed E-state index contributed by atoms with van der Waals surface area (Å²) in [6.45, 7) is 2.11. The molecule has 1 fully saturated rings. The van der Waals surface area contributed by atoms with Crippen LogP contribution in [0.2, 0.25) is 0 Å². The SMILES string of the molecule is CCC(=O)NC(O)[C@H]1O[C@@H](n2cnc3c(N)nc(NCCc4ccc(CC=C=O)cc4)nc32)[C@H](O)[C@@H]1O. The normalized spacial score (nSPS) is 21.9. The fourth-order valence-electron chi connectivity index (χ4n) is 4.05. The van der Waals surface area contributed by atoms with E-state index in [4.69, 9.17) is 10.5 Å². The summed E-state index contributed by atoms with van der Waals surface area (Å²) in [7, 11) is 0. The molecule has 1 saturated heterocycles. The minimum absolute atomic E-state index is 0.110. The average molecular weight is 512 g/mol. The van der Waals surface area contributed by atoms with Gasteiger partial charge in [0.25, 0.3) is 0 Å². The number of carbonyl (C=O) groups excluding carboxylic acids is 2. The summed E-state index contributed by atoms with van der Waals surface area (Å²) in [6.07, 6.45) is -2.74. The van der Waals surface area contributed by atoms with Gasteiger partial charge in [0.2, 0.25) is 11.9 Å². The average Bonchev–Trinajstić information content (AvgIpc) is 3.44. The summed E-state index contributed by atoms with van der Waals surface area (Å²) in [5.41, 5.74) is 8.70. The largest absolute Gasteiger partial charge is 0.387 e. The molecule has 1 aliphatic rings. The minimum Gasteiger partial charge on any atom is -0.387 e. The molecule has 3 aromatic rings. The molecule has 1 unspecified atom stereocenters. The lowest BCUT2D eigenvalue weighted by Crippen LogP contribution is -2.48. The number of rotatable bonds is 10. The third-order valence-corrected chi connectivity index (χ3v) is 6.08. The van der Waals surface area contributed by atoms with Gasteiger partial charge in [-0.05, 0) is 17.5 Å². The fourth-order valence-corrected chi connectivity index (χ4v) is 4.05. The Labute approximate surface area is 212 Å². The van der Waals surface area contributed by atoms with Crippen LogP contribution in [0.15, 0.2) is 36.7 Å². The maximum atomic E-state index is 11.6. The zero-order valence-electron chi connectivity index (χ0n) is 20.1. The van der Waals surface area contributed by atoms with Gasteiger partial charge in [-0.1, -0.05) is 31.2 Å². The Hall–Kier alpha value is -3.87. The summed E-state index contributed by atoms with van der Waals surface area (Å²) in [6, 6.07) is 7.84. The molecule has 13 nitrogen and oxygen atoms in total. The molecule has 5 atom stereocenters. The number of anilines is 2. The number of imidazole rings is 1. The highest BCUT2D eigenvalue weighted by molar-refractivity contribution is 5.83. The van der Waals surface area contributed by atoms with Crippen molar-refractivity contribution in [3.05, 3.63) is 47.8 Å². The van der Waals surface area contributed by atoms with Gasteiger partial charge in [-0.25, -0.2) is 9.78 Å². The molecule has 7 N–H and O–H groups in total. The Bertz CT molecular complexity index is 1290. The second-order valence-corrected chi connectivity index (χ2v) is 8.61. The van der Waals surface area contributed by atoms with E-state index in [1.54, 1.807) is 12.9 Å². The lowest BCUT2D eigenvalue weighted by molar-refractivity contribution is -0.132. The topological polar surface area (TPSA) is 198 Å². The Morgan fingerprint density at radius 1 is 1.24 bits per heavy atom. The van der Waals surface area contributed by atoms with E-state index in [1.807, 2.05) is 24.3 Å². The van der Waals surface area contributed by atoms with Crippen LogP contribution in [0.4, 0.5) is 11.8 Å².